The van der Waals surface area contributed by atoms with Gasteiger partial charge in [0.25, 0.3) is 0 Å². The van der Waals surface area contributed by atoms with Crippen LogP contribution in [-0.4, -0.2) is 106 Å². The van der Waals surface area contributed by atoms with E-state index in [1.54, 1.807) is 14.2 Å². The van der Waals surface area contributed by atoms with Gasteiger partial charge in [0.05, 0.1) is 46.0 Å². The van der Waals surface area contributed by atoms with Crippen molar-refractivity contribution in [1.29, 1.82) is 0 Å². The Labute approximate surface area is 249 Å². The maximum atomic E-state index is 10.3. The van der Waals surface area contributed by atoms with Crippen molar-refractivity contribution in [1.82, 2.24) is 14.9 Å². The summed E-state index contributed by atoms with van der Waals surface area (Å²) >= 11 is 0. The molecule has 0 aliphatic carbocycles. The minimum absolute atomic E-state index is 0.299. The fraction of sp³-hybridized carbons (Fsp3) is 0.552. The van der Waals surface area contributed by atoms with Crippen molar-refractivity contribution in [3.05, 3.63) is 40.8 Å². The van der Waals surface area contributed by atoms with E-state index in [-0.39, 0.29) is 0 Å². The Morgan fingerprint density at radius 3 is 2.02 bits per heavy atom. The summed E-state index contributed by atoms with van der Waals surface area (Å²) in [4.78, 5) is 45.2. The monoisotopic (exact) mass is 604 g/mol. The van der Waals surface area contributed by atoms with Crippen LogP contribution in [0.15, 0.2) is 18.2 Å². The molecule has 0 bridgehead atoms. The number of methoxy groups -OCH3 is 2. The summed E-state index contributed by atoms with van der Waals surface area (Å²) in [5.74, 6) is -1.03. The number of carboxylic acid groups (broad SMARTS) is 3. The third-order valence-corrected chi connectivity index (χ3v) is 7.07. The Bertz CT molecular complexity index is 1260. The molecule has 0 atom stereocenters. The molecule has 1 saturated heterocycles. The van der Waals surface area contributed by atoms with Gasteiger partial charge < -0.3 is 39.5 Å². The number of carboxylic acids is 3. The van der Waals surface area contributed by atoms with Gasteiger partial charge in [-0.05, 0) is 24.1 Å². The van der Waals surface area contributed by atoms with Crippen LogP contribution in [0.25, 0.3) is 0 Å². The molecule has 1 aromatic carbocycles. The molecule has 0 spiro atoms. The lowest BCUT2D eigenvalue weighted by atomic mass is 9.96. The molecule has 4 rings (SSSR count). The number of ether oxygens (including phenoxy) is 3. The first-order valence-corrected chi connectivity index (χ1v) is 13.9. The highest BCUT2D eigenvalue weighted by molar-refractivity contribution is 5.88. The Morgan fingerprint density at radius 1 is 0.953 bits per heavy atom. The maximum absolute atomic E-state index is 10.3. The second-order valence-corrected chi connectivity index (χ2v) is 10.7. The van der Waals surface area contributed by atoms with Gasteiger partial charge in [-0.2, -0.15) is 0 Å². The number of rotatable bonds is 11. The number of aliphatic hydroxyl groups is 1. The summed E-state index contributed by atoms with van der Waals surface area (Å²) in [6.45, 7) is 10.3. The molecule has 0 radical (unpaired) electrons. The molecule has 0 unspecified atom stereocenters. The highest BCUT2D eigenvalue weighted by atomic mass is 16.5. The van der Waals surface area contributed by atoms with Gasteiger partial charge in [0.1, 0.15) is 23.1 Å². The Balaban J connectivity index is 0.000000331. The fourth-order valence-corrected chi connectivity index (χ4v) is 4.84. The van der Waals surface area contributed by atoms with Gasteiger partial charge in [-0.15, -0.1) is 0 Å². The van der Waals surface area contributed by atoms with Crippen LogP contribution in [0.3, 0.4) is 0 Å². The summed E-state index contributed by atoms with van der Waals surface area (Å²) in [5.41, 5.74) is 0.913. The minimum atomic E-state index is -2.74. The van der Waals surface area contributed by atoms with E-state index in [1.807, 2.05) is 6.07 Å². The SMILES string of the molecule is COc1cc(CN2CCc3c(nc(C(C)C)nc3N3CCOCC3)C2)cc(OC)c1.O=C(O)CC(O)(CC(=O)O)C(=O)O. The number of nitrogens with zero attached hydrogens (tertiary/aromatic N) is 4. The Morgan fingerprint density at radius 2 is 1.53 bits per heavy atom. The molecule has 236 valence electrons. The van der Waals surface area contributed by atoms with Crippen LogP contribution in [0.4, 0.5) is 5.82 Å². The number of aliphatic carboxylic acids is 3. The zero-order chi connectivity index (χ0) is 31.7. The molecular formula is C29H40N4O10. The molecule has 2 aliphatic heterocycles. The molecule has 4 N–H and O–H groups in total. The number of fused-ring (bicyclic) bond motifs is 1. The number of hydrogen-bond donors (Lipinski definition) is 4. The van der Waals surface area contributed by atoms with E-state index in [9.17, 15) is 14.4 Å². The van der Waals surface area contributed by atoms with Crippen molar-refractivity contribution in [3.63, 3.8) is 0 Å². The largest absolute Gasteiger partial charge is 0.497 e. The van der Waals surface area contributed by atoms with Crippen molar-refractivity contribution < 1.29 is 49.0 Å². The molecule has 3 heterocycles. The number of anilines is 1. The van der Waals surface area contributed by atoms with Crippen LogP contribution in [0, 0.1) is 0 Å². The van der Waals surface area contributed by atoms with Crippen molar-refractivity contribution >= 4 is 23.7 Å². The lowest BCUT2D eigenvalue weighted by Gasteiger charge is -2.34. The fourth-order valence-electron chi connectivity index (χ4n) is 4.84. The van der Waals surface area contributed by atoms with Crippen LogP contribution < -0.4 is 14.4 Å². The van der Waals surface area contributed by atoms with E-state index in [4.69, 9.17) is 44.6 Å². The zero-order valence-corrected chi connectivity index (χ0v) is 24.9. The lowest BCUT2D eigenvalue weighted by Crippen LogP contribution is -2.42. The lowest BCUT2D eigenvalue weighted by molar-refractivity contribution is -0.170. The normalized spacial score (nSPS) is 15.3. The first-order chi connectivity index (χ1) is 20.3. The number of hydrogen-bond acceptors (Lipinski definition) is 11. The van der Waals surface area contributed by atoms with E-state index in [0.717, 1.165) is 81.2 Å². The van der Waals surface area contributed by atoms with Crippen LogP contribution in [-0.2, 0) is 38.6 Å². The maximum Gasteiger partial charge on any atom is 0.336 e. The summed E-state index contributed by atoms with van der Waals surface area (Å²) in [5, 5.41) is 33.8. The van der Waals surface area contributed by atoms with Crippen molar-refractivity contribution in [2.75, 3.05) is 52.0 Å². The van der Waals surface area contributed by atoms with E-state index in [0.29, 0.717) is 5.92 Å². The van der Waals surface area contributed by atoms with E-state index < -0.39 is 36.4 Å². The number of aromatic nitrogens is 2. The molecule has 0 saturated carbocycles. The predicted octanol–water partition coefficient (Wildman–Crippen LogP) is 1.76. The first-order valence-electron chi connectivity index (χ1n) is 13.9. The Hall–Kier alpha value is -4.01. The van der Waals surface area contributed by atoms with E-state index in [2.05, 4.69) is 35.8 Å². The average molecular weight is 605 g/mol. The van der Waals surface area contributed by atoms with Gasteiger partial charge in [-0.25, -0.2) is 14.8 Å². The smallest absolute Gasteiger partial charge is 0.336 e. The van der Waals surface area contributed by atoms with E-state index in [1.165, 1.54) is 11.1 Å². The summed E-state index contributed by atoms with van der Waals surface area (Å²) in [7, 11) is 3.38. The van der Waals surface area contributed by atoms with Gasteiger partial charge in [0.15, 0.2) is 5.60 Å². The van der Waals surface area contributed by atoms with Crippen LogP contribution in [0.2, 0.25) is 0 Å². The Kier molecular flexibility index (Phi) is 11.6. The van der Waals surface area contributed by atoms with Crippen LogP contribution in [0.1, 0.15) is 55.3 Å². The molecule has 2 aromatic rings. The molecule has 0 amide bonds. The van der Waals surface area contributed by atoms with Crippen molar-refractivity contribution in [2.45, 2.75) is 57.7 Å². The summed E-state index contributed by atoms with van der Waals surface area (Å²) in [6, 6.07) is 6.07. The molecule has 2 aliphatic rings. The summed E-state index contributed by atoms with van der Waals surface area (Å²) in [6.07, 6.45) is -1.33. The molecule has 1 fully saturated rings. The molecule has 14 heteroatoms. The second kappa shape index (κ2) is 14.9. The van der Waals surface area contributed by atoms with Crippen LogP contribution in [0.5, 0.6) is 11.5 Å². The number of benzene rings is 1. The quantitative estimate of drug-likeness (QED) is 0.290. The molecular weight excluding hydrogens is 564 g/mol. The van der Waals surface area contributed by atoms with Gasteiger partial charge in [0, 0.05) is 50.3 Å². The highest BCUT2D eigenvalue weighted by Gasteiger charge is 2.40. The third-order valence-electron chi connectivity index (χ3n) is 7.07. The second-order valence-electron chi connectivity index (χ2n) is 10.7. The third kappa shape index (κ3) is 9.24. The topological polar surface area (TPSA) is 192 Å². The zero-order valence-electron chi connectivity index (χ0n) is 24.9. The van der Waals surface area contributed by atoms with Gasteiger partial charge in [-0.1, -0.05) is 13.8 Å². The molecule has 43 heavy (non-hydrogen) atoms. The number of carbonyl (C=O) groups is 3. The van der Waals surface area contributed by atoms with Crippen molar-refractivity contribution in [3.8, 4) is 11.5 Å². The van der Waals surface area contributed by atoms with Gasteiger partial charge in [0.2, 0.25) is 0 Å². The first kappa shape index (κ1) is 33.5. The van der Waals surface area contributed by atoms with Crippen LogP contribution >= 0.6 is 0 Å². The minimum Gasteiger partial charge on any atom is -0.497 e. The van der Waals surface area contributed by atoms with Crippen molar-refractivity contribution in [2.24, 2.45) is 0 Å². The number of morpholine rings is 1. The van der Waals surface area contributed by atoms with E-state index >= 15 is 0 Å². The highest BCUT2D eigenvalue weighted by Crippen LogP contribution is 2.30. The average Bonchev–Trinajstić information content (AvgIpc) is 2.96. The molecule has 1 aromatic heterocycles. The standard InChI is InChI=1S/C23H32N4O3.C6H8O7/c1-16(2)22-24-21-15-26(14-17-11-18(28-3)13-19(12-17)29-4)6-5-20(21)23(25-22)27-7-9-30-10-8-27;7-3(8)1-6(13,5(11)12)2-4(9)10/h11-13,16H,5-10,14-15H2,1-4H3;13H,1-2H2,(H,7,8)(H,9,10)(H,11,12). The van der Waals surface area contributed by atoms with Gasteiger partial charge in [-0.3, -0.25) is 14.5 Å². The summed E-state index contributed by atoms with van der Waals surface area (Å²) < 4.78 is 16.4. The van der Waals surface area contributed by atoms with Gasteiger partial charge >= 0.3 is 17.9 Å². The molecule has 14 nitrogen and oxygen atoms in total. The predicted molar refractivity (Wildman–Crippen MR) is 154 cm³/mol.